The molecule has 2 aromatic heterocycles. The SMILES string of the molecule is Cc1cc(I)ccc1C(C)n1nc(C(F)(F)F)c2ncc(N3CCC(N4CCCCC4)C(C)C3)nc21. The van der Waals surface area contributed by atoms with Crippen LogP contribution in [0.5, 0.6) is 0 Å². The fourth-order valence-electron chi connectivity index (χ4n) is 5.89. The van der Waals surface area contributed by atoms with Gasteiger partial charge in [-0.25, -0.2) is 14.6 Å². The molecule has 10 heteroatoms. The average Bonchev–Trinajstić information content (AvgIpc) is 3.24. The molecule has 2 aliphatic heterocycles. The quantitative estimate of drug-likeness (QED) is 0.335. The van der Waals surface area contributed by atoms with Crippen molar-refractivity contribution in [2.45, 2.75) is 64.7 Å². The average molecular weight is 612 g/mol. The third-order valence-corrected chi connectivity index (χ3v) is 8.42. The van der Waals surface area contributed by atoms with Crippen LogP contribution >= 0.6 is 22.6 Å². The molecule has 194 valence electrons. The van der Waals surface area contributed by atoms with Crippen molar-refractivity contribution in [3.63, 3.8) is 0 Å². The van der Waals surface area contributed by atoms with E-state index in [0.717, 1.165) is 47.3 Å². The highest BCUT2D eigenvalue weighted by atomic mass is 127. The summed E-state index contributed by atoms with van der Waals surface area (Å²) in [7, 11) is 0. The van der Waals surface area contributed by atoms with E-state index in [2.05, 4.69) is 49.4 Å². The molecule has 0 bridgehead atoms. The molecule has 6 nitrogen and oxygen atoms in total. The zero-order chi connectivity index (χ0) is 25.6. The molecule has 36 heavy (non-hydrogen) atoms. The topological polar surface area (TPSA) is 50.1 Å². The van der Waals surface area contributed by atoms with Gasteiger partial charge >= 0.3 is 6.18 Å². The van der Waals surface area contributed by atoms with Crippen LogP contribution in [0.3, 0.4) is 0 Å². The molecule has 3 unspecified atom stereocenters. The molecule has 2 aliphatic rings. The van der Waals surface area contributed by atoms with Gasteiger partial charge in [0.25, 0.3) is 0 Å². The maximum atomic E-state index is 13.9. The molecular weight excluding hydrogens is 580 g/mol. The molecule has 5 rings (SSSR count). The fraction of sp³-hybridized carbons (Fsp3) is 0.577. The Morgan fingerprint density at radius 1 is 1.11 bits per heavy atom. The number of halogens is 4. The van der Waals surface area contributed by atoms with Gasteiger partial charge in [-0.05, 0) is 98.0 Å². The second kappa shape index (κ2) is 10.1. The van der Waals surface area contributed by atoms with Crippen LogP contribution in [-0.2, 0) is 6.18 Å². The number of likely N-dealkylation sites (tertiary alicyclic amines) is 1. The Morgan fingerprint density at radius 2 is 1.86 bits per heavy atom. The Hall–Kier alpha value is -1.95. The predicted octanol–water partition coefficient (Wildman–Crippen LogP) is 6.07. The van der Waals surface area contributed by atoms with Crippen molar-refractivity contribution in [3.05, 3.63) is 44.8 Å². The lowest BCUT2D eigenvalue weighted by molar-refractivity contribution is -0.140. The van der Waals surface area contributed by atoms with E-state index in [-0.39, 0.29) is 11.2 Å². The zero-order valence-corrected chi connectivity index (χ0v) is 23.1. The second-order valence-corrected chi connectivity index (χ2v) is 11.5. The smallest absolute Gasteiger partial charge is 0.355 e. The highest BCUT2D eigenvalue weighted by Crippen LogP contribution is 2.36. The summed E-state index contributed by atoms with van der Waals surface area (Å²) in [5.74, 6) is 1.06. The molecule has 0 spiro atoms. The van der Waals surface area contributed by atoms with Crippen LogP contribution < -0.4 is 4.90 Å². The van der Waals surface area contributed by atoms with Gasteiger partial charge in [-0.15, -0.1) is 0 Å². The van der Waals surface area contributed by atoms with Gasteiger partial charge in [-0.3, -0.25) is 4.90 Å². The van der Waals surface area contributed by atoms with E-state index < -0.39 is 17.9 Å². The number of rotatable bonds is 4. The number of nitrogens with zero attached hydrogens (tertiary/aromatic N) is 6. The molecule has 2 saturated heterocycles. The third-order valence-electron chi connectivity index (χ3n) is 7.75. The van der Waals surface area contributed by atoms with Gasteiger partial charge in [-0.2, -0.15) is 18.3 Å². The van der Waals surface area contributed by atoms with Crippen molar-refractivity contribution in [2.75, 3.05) is 31.1 Å². The number of hydrogen-bond donors (Lipinski definition) is 0. The Balaban J connectivity index is 1.48. The Kier molecular flexibility index (Phi) is 7.19. The monoisotopic (exact) mass is 612 g/mol. The molecule has 0 aliphatic carbocycles. The largest absolute Gasteiger partial charge is 0.437 e. The highest BCUT2D eigenvalue weighted by molar-refractivity contribution is 14.1. The van der Waals surface area contributed by atoms with Gasteiger partial charge in [0.2, 0.25) is 0 Å². The van der Waals surface area contributed by atoms with Crippen molar-refractivity contribution < 1.29 is 13.2 Å². The highest BCUT2D eigenvalue weighted by Gasteiger charge is 2.39. The van der Waals surface area contributed by atoms with E-state index >= 15 is 0 Å². The van der Waals surface area contributed by atoms with Crippen LogP contribution in [0.4, 0.5) is 19.0 Å². The van der Waals surface area contributed by atoms with E-state index in [9.17, 15) is 13.2 Å². The molecule has 1 aromatic carbocycles. The van der Waals surface area contributed by atoms with Crippen molar-refractivity contribution >= 4 is 39.6 Å². The molecule has 0 radical (unpaired) electrons. The van der Waals surface area contributed by atoms with Gasteiger partial charge in [0.05, 0.1) is 12.2 Å². The molecule has 0 N–H and O–H groups in total. The molecule has 4 heterocycles. The lowest BCUT2D eigenvalue weighted by atomic mass is 9.91. The maximum absolute atomic E-state index is 13.9. The van der Waals surface area contributed by atoms with E-state index in [4.69, 9.17) is 4.98 Å². The summed E-state index contributed by atoms with van der Waals surface area (Å²) in [6.07, 6.45) is 1.73. The number of benzene rings is 1. The van der Waals surface area contributed by atoms with Crippen molar-refractivity contribution in [1.29, 1.82) is 0 Å². The number of alkyl halides is 3. The summed E-state index contributed by atoms with van der Waals surface area (Å²) >= 11 is 2.23. The molecular formula is C26H32F3IN6. The summed E-state index contributed by atoms with van der Waals surface area (Å²) in [5.41, 5.74) is 0.915. The van der Waals surface area contributed by atoms with Gasteiger partial charge in [0.15, 0.2) is 11.3 Å². The summed E-state index contributed by atoms with van der Waals surface area (Å²) in [6.45, 7) is 10.1. The van der Waals surface area contributed by atoms with E-state index in [1.54, 1.807) is 0 Å². The van der Waals surface area contributed by atoms with Crippen LogP contribution in [0.1, 0.15) is 62.4 Å². The number of hydrogen-bond acceptors (Lipinski definition) is 5. The van der Waals surface area contributed by atoms with E-state index in [0.29, 0.717) is 17.8 Å². The standard InChI is InChI=1S/C26H32F3IN6/c1-16-13-19(30)7-8-20(16)18(3)36-25-23(24(33-36)26(27,28)29)31-14-22(32-25)35-12-9-21(17(2)15-35)34-10-5-4-6-11-34/h7-8,13-14,17-18,21H,4-6,9-12,15H2,1-3H3. The Morgan fingerprint density at radius 3 is 2.53 bits per heavy atom. The van der Waals surface area contributed by atoms with Crippen LogP contribution in [0, 0.1) is 16.4 Å². The van der Waals surface area contributed by atoms with Crippen molar-refractivity contribution in [3.8, 4) is 0 Å². The lowest BCUT2D eigenvalue weighted by Gasteiger charge is -2.44. The first-order chi connectivity index (χ1) is 17.1. The number of aryl methyl sites for hydroxylation is 1. The van der Waals surface area contributed by atoms with Crippen molar-refractivity contribution in [1.82, 2.24) is 24.6 Å². The van der Waals surface area contributed by atoms with Gasteiger partial charge in [0.1, 0.15) is 11.3 Å². The number of anilines is 1. The van der Waals surface area contributed by atoms with Crippen LogP contribution in [0.2, 0.25) is 0 Å². The van der Waals surface area contributed by atoms with Gasteiger partial charge < -0.3 is 4.90 Å². The second-order valence-electron chi connectivity index (χ2n) is 10.2. The first kappa shape index (κ1) is 25.7. The molecule has 3 atom stereocenters. The minimum atomic E-state index is -4.61. The van der Waals surface area contributed by atoms with Crippen LogP contribution in [-0.4, -0.2) is 56.9 Å². The maximum Gasteiger partial charge on any atom is 0.437 e. The first-order valence-corrected chi connectivity index (χ1v) is 13.8. The number of piperidine rings is 2. The first-order valence-electron chi connectivity index (χ1n) is 12.7. The Labute approximate surface area is 223 Å². The van der Waals surface area contributed by atoms with E-state index in [1.807, 2.05) is 32.0 Å². The minimum Gasteiger partial charge on any atom is -0.355 e. The molecule has 0 saturated carbocycles. The molecule has 3 aromatic rings. The zero-order valence-electron chi connectivity index (χ0n) is 20.9. The van der Waals surface area contributed by atoms with Crippen LogP contribution in [0.15, 0.2) is 24.4 Å². The summed E-state index contributed by atoms with van der Waals surface area (Å²) in [5, 5.41) is 4.01. The minimum absolute atomic E-state index is 0.177. The van der Waals surface area contributed by atoms with Crippen LogP contribution in [0.25, 0.3) is 11.2 Å². The lowest BCUT2D eigenvalue weighted by Crippen LogP contribution is -2.51. The Bertz CT molecular complexity index is 1240. The molecule has 2 fully saturated rings. The van der Waals surface area contributed by atoms with E-state index in [1.165, 1.54) is 30.1 Å². The van der Waals surface area contributed by atoms with Gasteiger partial charge in [-0.1, -0.05) is 19.4 Å². The third kappa shape index (κ3) is 4.94. The fourth-order valence-corrected chi connectivity index (χ4v) is 6.53. The summed E-state index contributed by atoms with van der Waals surface area (Å²) in [4.78, 5) is 13.8. The van der Waals surface area contributed by atoms with Crippen molar-refractivity contribution in [2.24, 2.45) is 5.92 Å². The summed E-state index contributed by atoms with van der Waals surface area (Å²) < 4.78 is 44.2. The number of fused-ring (bicyclic) bond motifs is 1. The normalized spacial score (nSPS) is 22.8. The predicted molar refractivity (Wildman–Crippen MR) is 143 cm³/mol. The summed E-state index contributed by atoms with van der Waals surface area (Å²) in [6, 6.07) is 6.06. The number of aromatic nitrogens is 4. The molecule has 0 amide bonds. The van der Waals surface area contributed by atoms with Gasteiger partial charge in [0, 0.05) is 22.7 Å².